The summed E-state index contributed by atoms with van der Waals surface area (Å²) in [5.41, 5.74) is 2.50. The standard InChI is InChI=1S/C25H28N4O3.3C2HF3O2/c30-24(20-7-2-10-26-14-20)28-15-22-8-9-25(32-22)17-29(12-13-31-18-25)16-21-5-1-4-19-6-3-11-27-23(19)21;3*3-2(4,5)1(6)7/h1-7,10-11,14,22H,8-9,12-13,15-18H2,(H,28,30);3*(H,6,7)/t22-,25-;;;/m1.../s1. The van der Waals surface area contributed by atoms with Gasteiger partial charge in [0, 0.05) is 50.2 Å². The number of aliphatic carboxylic acids is 3. The van der Waals surface area contributed by atoms with Crippen LogP contribution in [-0.4, -0.2) is 117 Å². The third-order valence-corrected chi connectivity index (χ3v) is 7.02. The Hall–Kier alpha value is -5.09. The number of para-hydroxylation sites is 1. The minimum atomic E-state index is -5.08. The maximum atomic E-state index is 12.3. The Morgan fingerprint density at radius 1 is 0.849 bits per heavy atom. The molecular weight excluding hydrogens is 743 g/mol. The number of hydrogen-bond donors (Lipinski definition) is 4. The molecule has 292 valence electrons. The SMILES string of the molecule is O=C(NC[C@H]1CC[C@@]2(COCCN(Cc3cccc4cccnc34)C2)O1)c1cccnc1.O=C(O)C(F)(F)F.O=C(O)C(F)(F)F.O=C(O)C(F)(F)F. The van der Waals surface area contributed by atoms with Gasteiger partial charge in [0.05, 0.1) is 30.4 Å². The van der Waals surface area contributed by atoms with Crippen LogP contribution in [0.4, 0.5) is 39.5 Å². The second kappa shape index (κ2) is 19.1. The molecule has 13 nitrogen and oxygen atoms in total. The van der Waals surface area contributed by atoms with Crippen LogP contribution in [0.1, 0.15) is 28.8 Å². The minimum absolute atomic E-state index is 0.0154. The van der Waals surface area contributed by atoms with Gasteiger partial charge >= 0.3 is 36.4 Å². The summed E-state index contributed by atoms with van der Waals surface area (Å²) in [4.78, 5) is 50.0. The maximum Gasteiger partial charge on any atom is 0.490 e. The van der Waals surface area contributed by atoms with Crippen molar-refractivity contribution in [2.45, 2.75) is 49.6 Å². The average Bonchev–Trinajstić information content (AvgIpc) is 3.36. The number of hydrogen-bond acceptors (Lipinski definition) is 9. The van der Waals surface area contributed by atoms with Gasteiger partial charge < -0.3 is 30.1 Å². The number of amides is 1. The van der Waals surface area contributed by atoms with Crippen molar-refractivity contribution in [1.29, 1.82) is 0 Å². The smallest absolute Gasteiger partial charge is 0.475 e. The number of fused-ring (bicyclic) bond motifs is 1. The minimum Gasteiger partial charge on any atom is -0.475 e. The fraction of sp³-hybridized carbons (Fsp3) is 0.419. The third kappa shape index (κ3) is 15.2. The van der Waals surface area contributed by atoms with Crippen molar-refractivity contribution in [2.75, 3.05) is 32.8 Å². The molecule has 2 saturated heterocycles. The Bertz CT molecular complexity index is 1610. The van der Waals surface area contributed by atoms with Gasteiger partial charge in [0.15, 0.2) is 0 Å². The van der Waals surface area contributed by atoms with E-state index >= 15 is 0 Å². The molecule has 0 radical (unpaired) electrons. The van der Waals surface area contributed by atoms with Crippen molar-refractivity contribution in [1.82, 2.24) is 20.2 Å². The summed E-state index contributed by atoms with van der Waals surface area (Å²) in [6.07, 6.45) is -8.36. The topological polar surface area (TPSA) is 188 Å². The van der Waals surface area contributed by atoms with Gasteiger partial charge in [-0.3, -0.25) is 19.7 Å². The van der Waals surface area contributed by atoms with Gasteiger partial charge in [-0.2, -0.15) is 39.5 Å². The van der Waals surface area contributed by atoms with Crippen LogP contribution in [0, 0.1) is 0 Å². The summed E-state index contributed by atoms with van der Waals surface area (Å²) in [7, 11) is 0. The Labute approximate surface area is 293 Å². The van der Waals surface area contributed by atoms with Crippen LogP contribution in [0.15, 0.2) is 61.1 Å². The highest BCUT2D eigenvalue weighted by atomic mass is 19.4. The van der Waals surface area contributed by atoms with Crippen LogP contribution in [0.5, 0.6) is 0 Å². The molecule has 2 fully saturated rings. The number of carboxylic acids is 3. The van der Waals surface area contributed by atoms with Crippen molar-refractivity contribution in [2.24, 2.45) is 0 Å². The average molecular weight is 775 g/mol. The summed E-state index contributed by atoms with van der Waals surface area (Å²) < 4.78 is 108. The molecule has 2 atom stereocenters. The van der Waals surface area contributed by atoms with Crippen molar-refractivity contribution >= 4 is 34.7 Å². The first-order valence-electron chi connectivity index (χ1n) is 14.9. The molecule has 4 N–H and O–H groups in total. The Kier molecular flexibility index (Phi) is 15.9. The van der Waals surface area contributed by atoms with E-state index in [1.807, 2.05) is 12.3 Å². The number of halogens is 9. The third-order valence-electron chi connectivity index (χ3n) is 7.02. The Balaban J connectivity index is 0.000000379. The van der Waals surface area contributed by atoms with Crippen LogP contribution in [0.2, 0.25) is 0 Å². The summed E-state index contributed by atoms with van der Waals surface area (Å²) in [5.74, 6) is -8.39. The molecule has 2 aliphatic rings. The molecule has 0 saturated carbocycles. The highest BCUT2D eigenvalue weighted by Gasteiger charge is 2.43. The zero-order valence-corrected chi connectivity index (χ0v) is 27.0. The highest BCUT2D eigenvalue weighted by Crippen LogP contribution is 2.33. The summed E-state index contributed by atoms with van der Waals surface area (Å²) in [5, 5.41) is 25.5. The second-order valence-corrected chi connectivity index (χ2v) is 11.1. The van der Waals surface area contributed by atoms with E-state index in [1.165, 1.54) is 5.56 Å². The molecule has 1 spiro atoms. The number of pyridine rings is 2. The molecule has 1 aromatic carbocycles. The number of carbonyl (C=O) groups excluding carboxylic acids is 1. The van der Waals surface area contributed by atoms with Gasteiger partial charge in [-0.25, -0.2) is 14.4 Å². The van der Waals surface area contributed by atoms with Crippen molar-refractivity contribution in [3.8, 4) is 0 Å². The quantitative estimate of drug-likeness (QED) is 0.262. The maximum absolute atomic E-state index is 12.3. The second-order valence-electron chi connectivity index (χ2n) is 11.1. The van der Waals surface area contributed by atoms with Gasteiger partial charge in [-0.15, -0.1) is 0 Å². The number of nitrogens with one attached hydrogen (secondary N) is 1. The van der Waals surface area contributed by atoms with Crippen LogP contribution in [0.25, 0.3) is 10.9 Å². The van der Waals surface area contributed by atoms with Gasteiger partial charge in [0.1, 0.15) is 5.60 Å². The Morgan fingerprint density at radius 3 is 1.96 bits per heavy atom. The molecule has 0 unspecified atom stereocenters. The van der Waals surface area contributed by atoms with E-state index in [-0.39, 0.29) is 17.6 Å². The number of ether oxygens (including phenoxy) is 2. The first kappa shape index (κ1) is 44.1. The first-order chi connectivity index (χ1) is 24.5. The van der Waals surface area contributed by atoms with Crippen LogP contribution < -0.4 is 5.32 Å². The molecule has 0 bridgehead atoms. The van der Waals surface area contributed by atoms with Crippen molar-refractivity contribution < 1.29 is 83.5 Å². The van der Waals surface area contributed by atoms with Crippen molar-refractivity contribution in [3.63, 3.8) is 0 Å². The van der Waals surface area contributed by atoms with Crippen LogP contribution in [0.3, 0.4) is 0 Å². The number of rotatable bonds is 5. The molecule has 53 heavy (non-hydrogen) atoms. The van der Waals surface area contributed by atoms with Crippen LogP contribution in [-0.2, 0) is 30.4 Å². The van der Waals surface area contributed by atoms with E-state index in [1.54, 1.807) is 24.5 Å². The highest BCUT2D eigenvalue weighted by molar-refractivity contribution is 5.93. The van der Waals surface area contributed by atoms with Gasteiger partial charge in [0.2, 0.25) is 0 Å². The van der Waals surface area contributed by atoms with Crippen LogP contribution >= 0.6 is 0 Å². The fourth-order valence-corrected chi connectivity index (χ4v) is 4.72. The van der Waals surface area contributed by atoms with Gasteiger partial charge in [0.25, 0.3) is 5.91 Å². The summed E-state index contributed by atoms with van der Waals surface area (Å²) >= 11 is 0. The lowest BCUT2D eigenvalue weighted by atomic mass is 9.99. The molecular formula is C31H31F9N4O9. The van der Waals surface area contributed by atoms with E-state index < -0.39 is 36.4 Å². The molecule has 22 heteroatoms. The largest absolute Gasteiger partial charge is 0.490 e. The Morgan fingerprint density at radius 2 is 1.42 bits per heavy atom. The number of nitrogens with zero attached hydrogens (tertiary/aromatic N) is 3. The summed E-state index contributed by atoms with van der Waals surface area (Å²) in [6, 6.07) is 13.9. The molecule has 3 aromatic rings. The van der Waals surface area contributed by atoms with E-state index in [2.05, 4.69) is 44.5 Å². The lowest BCUT2D eigenvalue weighted by Gasteiger charge is -2.32. The van der Waals surface area contributed by atoms with E-state index in [9.17, 15) is 44.3 Å². The molecule has 2 aromatic heterocycles. The zero-order valence-electron chi connectivity index (χ0n) is 27.0. The van der Waals surface area contributed by atoms with E-state index in [0.29, 0.717) is 25.3 Å². The number of carbonyl (C=O) groups is 4. The predicted octanol–water partition coefficient (Wildman–Crippen LogP) is 4.71. The van der Waals surface area contributed by atoms with Gasteiger partial charge in [-0.1, -0.05) is 24.3 Å². The normalized spacial score (nSPS) is 18.9. The molecule has 4 heterocycles. The monoisotopic (exact) mass is 774 g/mol. The van der Waals surface area contributed by atoms with E-state index in [4.69, 9.17) is 39.2 Å². The zero-order chi connectivity index (χ0) is 40.0. The van der Waals surface area contributed by atoms with Gasteiger partial charge in [-0.05, 0) is 36.6 Å². The lowest BCUT2D eigenvalue weighted by molar-refractivity contribution is -0.193. The first-order valence-corrected chi connectivity index (χ1v) is 14.9. The van der Waals surface area contributed by atoms with Crippen molar-refractivity contribution in [3.05, 3.63) is 72.2 Å². The number of benzene rings is 1. The number of aromatic nitrogens is 2. The number of alkyl halides is 9. The molecule has 1 amide bonds. The predicted molar refractivity (Wildman–Crippen MR) is 162 cm³/mol. The van der Waals surface area contributed by atoms with E-state index in [0.717, 1.165) is 43.4 Å². The molecule has 2 aliphatic heterocycles. The molecule has 0 aliphatic carbocycles. The molecule has 5 rings (SSSR count). The lowest BCUT2D eigenvalue weighted by Crippen LogP contribution is -2.45. The number of carboxylic acid groups (broad SMARTS) is 3. The summed E-state index contributed by atoms with van der Waals surface area (Å²) in [6.45, 7) is 4.24. The fourth-order valence-electron chi connectivity index (χ4n) is 4.72.